The molecule has 0 bridgehead atoms. The van der Waals surface area contributed by atoms with Gasteiger partial charge in [-0.3, -0.25) is 9.78 Å². The monoisotopic (exact) mass is 504 g/mol. The number of halogens is 1. The summed E-state index contributed by atoms with van der Waals surface area (Å²) in [6, 6.07) is 18.2. The van der Waals surface area contributed by atoms with Crippen LogP contribution in [0.5, 0.6) is 0 Å². The zero-order chi connectivity index (χ0) is 25.3. The number of hydrogen-bond acceptors (Lipinski definition) is 6. The SMILES string of the molecule is Cc1ccc(S(=O)(=O)n2c(C(=O)/C(C#N)=C/N(C)C)cc3ccc(-c4ncccc4Cl)cc32)cc1. The fourth-order valence-corrected chi connectivity index (χ4v) is 5.42. The topological polar surface area (TPSA) is 96.1 Å². The Morgan fingerprint density at radius 1 is 1.11 bits per heavy atom. The smallest absolute Gasteiger partial charge is 0.268 e. The van der Waals surface area contributed by atoms with Crippen LogP contribution in [0.4, 0.5) is 0 Å². The van der Waals surface area contributed by atoms with Crippen molar-refractivity contribution in [1.82, 2.24) is 13.9 Å². The summed E-state index contributed by atoms with van der Waals surface area (Å²) in [5.74, 6) is -0.703. The molecule has 7 nitrogen and oxygen atoms in total. The number of aromatic nitrogens is 2. The molecule has 0 unspecified atom stereocenters. The Morgan fingerprint density at radius 2 is 1.83 bits per heavy atom. The Kier molecular flexibility index (Phi) is 6.48. The fraction of sp³-hybridized carbons (Fsp3) is 0.115. The number of carbonyl (C=O) groups excluding carboxylic acids is 1. The highest BCUT2D eigenvalue weighted by Gasteiger charge is 2.28. The zero-order valence-electron chi connectivity index (χ0n) is 19.2. The van der Waals surface area contributed by atoms with E-state index in [2.05, 4.69) is 4.98 Å². The maximum Gasteiger partial charge on any atom is 0.268 e. The van der Waals surface area contributed by atoms with Crippen LogP contribution in [0.15, 0.2) is 83.5 Å². The van der Waals surface area contributed by atoms with Gasteiger partial charge in [-0.2, -0.15) is 5.26 Å². The number of fused-ring (bicyclic) bond motifs is 1. The average Bonchev–Trinajstić information content (AvgIpc) is 3.22. The summed E-state index contributed by atoms with van der Waals surface area (Å²) < 4.78 is 28.7. The maximum absolute atomic E-state index is 13.8. The molecule has 0 spiro atoms. The predicted octanol–water partition coefficient (Wildman–Crippen LogP) is 5.05. The standard InChI is InChI=1S/C26H21ClN4O3S/c1-17-6-10-21(11-7-17)35(33,34)31-23-14-19(25-22(27)5-4-12-29-25)9-8-18(23)13-24(31)26(32)20(15-28)16-30(2)3/h4-14,16H,1-3H3/b20-16+. The molecule has 4 aromatic rings. The number of aryl methyl sites for hydroxylation is 1. The van der Waals surface area contributed by atoms with Crippen LogP contribution >= 0.6 is 11.6 Å². The molecule has 0 saturated heterocycles. The number of nitriles is 1. The number of benzene rings is 2. The van der Waals surface area contributed by atoms with E-state index >= 15 is 0 Å². The quantitative estimate of drug-likeness (QED) is 0.207. The van der Waals surface area contributed by atoms with Crippen LogP contribution in [0, 0.1) is 18.3 Å². The Hall–Kier alpha value is -3.93. The van der Waals surface area contributed by atoms with Gasteiger partial charge in [0.25, 0.3) is 10.0 Å². The largest absolute Gasteiger partial charge is 0.382 e. The second-order valence-corrected chi connectivity index (χ2v) is 10.4. The van der Waals surface area contributed by atoms with Crippen molar-refractivity contribution in [3.63, 3.8) is 0 Å². The van der Waals surface area contributed by atoms with Gasteiger partial charge in [-0.1, -0.05) is 41.4 Å². The number of nitrogens with zero attached hydrogens (tertiary/aromatic N) is 4. The third-order valence-corrected chi connectivity index (χ3v) is 7.38. The van der Waals surface area contributed by atoms with Crippen molar-refractivity contribution in [2.75, 3.05) is 14.1 Å². The van der Waals surface area contributed by atoms with Gasteiger partial charge in [0.05, 0.1) is 21.1 Å². The van der Waals surface area contributed by atoms with Gasteiger partial charge in [-0.05, 0) is 43.3 Å². The molecular formula is C26H21ClN4O3S. The van der Waals surface area contributed by atoms with Crippen molar-refractivity contribution in [1.29, 1.82) is 5.26 Å². The van der Waals surface area contributed by atoms with Crippen LogP contribution < -0.4 is 0 Å². The molecule has 35 heavy (non-hydrogen) atoms. The van der Waals surface area contributed by atoms with E-state index in [-0.39, 0.29) is 21.7 Å². The molecule has 2 aromatic carbocycles. The number of ketones is 1. The predicted molar refractivity (Wildman–Crippen MR) is 136 cm³/mol. The Morgan fingerprint density at radius 3 is 2.46 bits per heavy atom. The number of carbonyl (C=O) groups is 1. The average molecular weight is 505 g/mol. The lowest BCUT2D eigenvalue weighted by Crippen LogP contribution is -2.20. The van der Waals surface area contributed by atoms with Crippen molar-refractivity contribution in [3.8, 4) is 17.3 Å². The normalized spacial score (nSPS) is 11.9. The van der Waals surface area contributed by atoms with E-state index in [1.165, 1.54) is 24.4 Å². The number of hydrogen-bond donors (Lipinski definition) is 0. The van der Waals surface area contributed by atoms with Gasteiger partial charge >= 0.3 is 0 Å². The van der Waals surface area contributed by atoms with Crippen molar-refractivity contribution in [2.45, 2.75) is 11.8 Å². The van der Waals surface area contributed by atoms with Crippen molar-refractivity contribution in [3.05, 3.63) is 94.9 Å². The lowest BCUT2D eigenvalue weighted by atomic mass is 10.1. The first-order chi connectivity index (χ1) is 16.6. The first kappa shape index (κ1) is 24.2. The van der Waals surface area contributed by atoms with Gasteiger partial charge in [0, 0.05) is 37.4 Å². The van der Waals surface area contributed by atoms with Crippen molar-refractivity contribution < 1.29 is 13.2 Å². The van der Waals surface area contributed by atoms with Gasteiger partial charge in [-0.15, -0.1) is 0 Å². The van der Waals surface area contributed by atoms with E-state index in [0.717, 1.165) is 9.54 Å². The highest BCUT2D eigenvalue weighted by atomic mass is 35.5. The Balaban J connectivity index is 2.04. The van der Waals surface area contributed by atoms with E-state index in [4.69, 9.17) is 11.6 Å². The van der Waals surface area contributed by atoms with Crippen molar-refractivity contribution >= 4 is 38.3 Å². The highest BCUT2D eigenvalue weighted by Crippen LogP contribution is 2.32. The van der Waals surface area contributed by atoms with Gasteiger partial charge in [0.15, 0.2) is 0 Å². The molecule has 0 aliphatic carbocycles. The molecule has 0 N–H and O–H groups in total. The minimum Gasteiger partial charge on any atom is -0.382 e. The second kappa shape index (κ2) is 9.37. The van der Waals surface area contributed by atoms with Crippen LogP contribution in [0.25, 0.3) is 22.2 Å². The minimum absolute atomic E-state index is 0.0195. The molecule has 176 valence electrons. The molecule has 2 aromatic heterocycles. The molecule has 2 heterocycles. The van der Waals surface area contributed by atoms with Crippen LogP contribution in [-0.4, -0.2) is 42.2 Å². The third kappa shape index (κ3) is 4.56. The van der Waals surface area contributed by atoms with E-state index in [0.29, 0.717) is 21.7 Å². The van der Waals surface area contributed by atoms with Gasteiger partial charge in [-0.25, -0.2) is 12.4 Å². The van der Waals surface area contributed by atoms with Gasteiger partial charge < -0.3 is 4.90 Å². The summed E-state index contributed by atoms with van der Waals surface area (Å²) in [6.07, 6.45) is 2.95. The number of Topliss-reactive ketones (excluding diaryl/α,β-unsaturated/α-hetero) is 1. The second-order valence-electron chi connectivity index (χ2n) is 8.17. The summed E-state index contributed by atoms with van der Waals surface area (Å²) in [4.78, 5) is 19.3. The fourth-order valence-electron chi connectivity index (χ4n) is 3.69. The molecule has 0 atom stereocenters. The number of pyridine rings is 1. The lowest BCUT2D eigenvalue weighted by molar-refractivity contribution is 0.103. The first-order valence-corrected chi connectivity index (χ1v) is 12.4. The number of rotatable bonds is 6. The van der Waals surface area contributed by atoms with E-state index in [1.807, 2.05) is 13.0 Å². The first-order valence-electron chi connectivity index (χ1n) is 10.5. The van der Waals surface area contributed by atoms with Gasteiger partial charge in [0.2, 0.25) is 5.78 Å². The van der Waals surface area contributed by atoms with Crippen LogP contribution in [-0.2, 0) is 10.0 Å². The Bertz CT molecular complexity index is 1630. The van der Waals surface area contributed by atoms with E-state index in [9.17, 15) is 18.5 Å². The van der Waals surface area contributed by atoms with Crippen LogP contribution in [0.2, 0.25) is 5.02 Å². The molecule has 0 saturated carbocycles. The van der Waals surface area contributed by atoms with E-state index < -0.39 is 15.8 Å². The Labute approximate surface area is 208 Å². The van der Waals surface area contributed by atoms with Crippen LogP contribution in [0.3, 0.4) is 0 Å². The van der Waals surface area contributed by atoms with Crippen LogP contribution in [0.1, 0.15) is 16.1 Å². The molecule has 0 aliphatic rings. The summed E-state index contributed by atoms with van der Waals surface area (Å²) in [7, 11) is -0.856. The van der Waals surface area contributed by atoms with Gasteiger partial charge in [0.1, 0.15) is 17.3 Å². The summed E-state index contributed by atoms with van der Waals surface area (Å²) in [6.45, 7) is 1.85. The molecule has 4 rings (SSSR count). The lowest BCUT2D eigenvalue weighted by Gasteiger charge is -2.13. The molecule has 0 fully saturated rings. The zero-order valence-corrected chi connectivity index (χ0v) is 20.8. The molecule has 9 heteroatoms. The van der Waals surface area contributed by atoms with E-state index in [1.54, 1.807) is 67.7 Å². The summed E-state index contributed by atoms with van der Waals surface area (Å²) >= 11 is 6.32. The molecular weight excluding hydrogens is 484 g/mol. The molecule has 0 amide bonds. The maximum atomic E-state index is 13.8. The number of allylic oxidation sites excluding steroid dienone is 1. The highest BCUT2D eigenvalue weighted by molar-refractivity contribution is 7.90. The molecule has 0 radical (unpaired) electrons. The summed E-state index contributed by atoms with van der Waals surface area (Å²) in [5.41, 5.74) is 1.91. The summed E-state index contributed by atoms with van der Waals surface area (Å²) in [5, 5.41) is 10.5. The van der Waals surface area contributed by atoms with Crippen molar-refractivity contribution in [2.24, 2.45) is 0 Å². The minimum atomic E-state index is -4.20. The molecule has 0 aliphatic heterocycles. The third-order valence-electron chi connectivity index (χ3n) is 5.34.